The Morgan fingerprint density at radius 2 is 2.44 bits per heavy atom. The van der Waals surface area contributed by atoms with Crippen molar-refractivity contribution in [3.63, 3.8) is 0 Å². The highest BCUT2D eigenvalue weighted by Gasteiger charge is 2.21. The zero-order chi connectivity index (χ0) is 11.7. The van der Waals surface area contributed by atoms with E-state index in [-0.39, 0.29) is 23.2 Å². The molecule has 84 valence electrons. The lowest BCUT2D eigenvalue weighted by Gasteiger charge is -1.99. The maximum atomic E-state index is 11.6. The number of ether oxygens (including phenoxy) is 1. The number of fused-ring (bicyclic) bond motifs is 1. The van der Waals surface area contributed by atoms with Crippen molar-refractivity contribution in [3.05, 3.63) is 23.0 Å². The molecule has 2 aromatic rings. The Balaban J connectivity index is 2.65. The molecule has 0 aromatic carbocycles. The molecule has 0 unspecified atom stereocenters. The molecule has 0 aliphatic heterocycles. The quantitative estimate of drug-likeness (QED) is 0.643. The summed E-state index contributed by atoms with van der Waals surface area (Å²) >= 11 is 5.81. The zero-order valence-electron chi connectivity index (χ0n) is 8.49. The van der Waals surface area contributed by atoms with Crippen LogP contribution in [0.15, 0.2) is 16.7 Å². The number of furan rings is 1. The van der Waals surface area contributed by atoms with Crippen molar-refractivity contribution in [2.45, 2.75) is 6.92 Å². The number of halogens is 1. The van der Waals surface area contributed by atoms with E-state index >= 15 is 0 Å². The Hall–Kier alpha value is -1.75. The molecule has 0 fully saturated rings. The third-order valence-electron chi connectivity index (χ3n) is 2.07. The van der Waals surface area contributed by atoms with Crippen molar-refractivity contribution in [2.75, 3.05) is 12.3 Å². The summed E-state index contributed by atoms with van der Waals surface area (Å²) < 4.78 is 10.1. The highest BCUT2D eigenvalue weighted by molar-refractivity contribution is 6.34. The third-order valence-corrected chi connectivity index (χ3v) is 2.34. The maximum Gasteiger partial charge on any atom is 0.344 e. The summed E-state index contributed by atoms with van der Waals surface area (Å²) in [5.74, 6) is -0.538. The van der Waals surface area contributed by atoms with Crippen molar-refractivity contribution in [2.24, 2.45) is 0 Å². The van der Waals surface area contributed by atoms with E-state index in [1.165, 1.54) is 6.20 Å². The van der Waals surface area contributed by atoms with E-state index in [1.807, 2.05) is 0 Å². The van der Waals surface area contributed by atoms with Gasteiger partial charge in [0.2, 0.25) is 5.88 Å². The van der Waals surface area contributed by atoms with Crippen LogP contribution in [0.25, 0.3) is 11.0 Å². The van der Waals surface area contributed by atoms with Gasteiger partial charge in [0, 0.05) is 11.6 Å². The minimum atomic E-state index is -0.527. The number of pyridine rings is 1. The number of carbonyl (C=O) groups excluding carboxylic acids is 1. The van der Waals surface area contributed by atoms with Crippen LogP contribution in [0.5, 0.6) is 0 Å². The number of nitrogen functional groups attached to an aromatic ring is 1. The summed E-state index contributed by atoms with van der Waals surface area (Å²) in [6.45, 7) is 1.98. The Morgan fingerprint density at radius 1 is 1.69 bits per heavy atom. The van der Waals surface area contributed by atoms with Crippen LogP contribution in [0.2, 0.25) is 5.15 Å². The fourth-order valence-corrected chi connectivity index (χ4v) is 1.62. The number of aromatic nitrogens is 1. The zero-order valence-corrected chi connectivity index (χ0v) is 9.25. The van der Waals surface area contributed by atoms with E-state index in [1.54, 1.807) is 13.0 Å². The summed E-state index contributed by atoms with van der Waals surface area (Å²) in [4.78, 5) is 15.5. The molecule has 0 saturated carbocycles. The van der Waals surface area contributed by atoms with Gasteiger partial charge in [-0.15, -0.1) is 0 Å². The summed E-state index contributed by atoms with van der Waals surface area (Å²) in [5.41, 5.74) is 6.09. The molecule has 0 saturated heterocycles. The monoisotopic (exact) mass is 240 g/mol. The lowest BCUT2D eigenvalue weighted by Crippen LogP contribution is -2.06. The summed E-state index contributed by atoms with van der Waals surface area (Å²) in [7, 11) is 0. The third kappa shape index (κ3) is 1.59. The van der Waals surface area contributed by atoms with Gasteiger partial charge in [0.1, 0.15) is 5.56 Å². The molecule has 2 heterocycles. The Labute approximate surface area is 96.1 Å². The average molecular weight is 241 g/mol. The second-order valence-corrected chi connectivity index (χ2v) is 3.40. The summed E-state index contributed by atoms with van der Waals surface area (Å²) in [5, 5.41) is 0.677. The predicted octanol–water partition coefficient (Wildman–Crippen LogP) is 2.24. The first-order valence-electron chi connectivity index (χ1n) is 4.64. The van der Waals surface area contributed by atoms with Crippen molar-refractivity contribution in [3.8, 4) is 0 Å². The van der Waals surface area contributed by atoms with E-state index in [4.69, 9.17) is 26.5 Å². The normalized spacial score (nSPS) is 10.6. The van der Waals surface area contributed by atoms with E-state index < -0.39 is 5.97 Å². The molecule has 0 aliphatic carbocycles. The van der Waals surface area contributed by atoms with Gasteiger partial charge in [-0.05, 0) is 13.0 Å². The lowest BCUT2D eigenvalue weighted by atomic mass is 10.2. The highest BCUT2D eigenvalue weighted by Crippen LogP contribution is 2.31. The van der Waals surface area contributed by atoms with Gasteiger partial charge in [0.25, 0.3) is 0 Å². The molecule has 2 rings (SSSR count). The van der Waals surface area contributed by atoms with Crippen molar-refractivity contribution in [1.29, 1.82) is 0 Å². The molecular weight excluding hydrogens is 232 g/mol. The first kappa shape index (κ1) is 10.8. The highest BCUT2D eigenvalue weighted by atomic mass is 35.5. The molecule has 6 heteroatoms. The summed E-state index contributed by atoms with van der Waals surface area (Å²) in [6, 6.07) is 1.60. The van der Waals surface area contributed by atoms with Gasteiger partial charge >= 0.3 is 5.97 Å². The number of anilines is 1. The lowest BCUT2D eigenvalue weighted by molar-refractivity contribution is 0.0529. The molecule has 16 heavy (non-hydrogen) atoms. The van der Waals surface area contributed by atoms with E-state index in [0.29, 0.717) is 11.0 Å². The van der Waals surface area contributed by atoms with Gasteiger partial charge in [-0.3, -0.25) is 0 Å². The smallest absolute Gasteiger partial charge is 0.344 e. The second kappa shape index (κ2) is 4.02. The first-order chi connectivity index (χ1) is 7.65. The van der Waals surface area contributed by atoms with Crippen LogP contribution in [0, 0.1) is 0 Å². The van der Waals surface area contributed by atoms with Gasteiger partial charge in [-0.2, -0.15) is 0 Å². The fraction of sp³-hybridized carbons (Fsp3) is 0.200. The molecule has 0 amide bonds. The van der Waals surface area contributed by atoms with Crippen LogP contribution >= 0.6 is 11.6 Å². The molecule has 5 nitrogen and oxygen atoms in total. The van der Waals surface area contributed by atoms with Gasteiger partial charge in [-0.1, -0.05) is 11.6 Å². The molecule has 0 radical (unpaired) electrons. The topological polar surface area (TPSA) is 78.4 Å². The Morgan fingerprint density at radius 3 is 3.12 bits per heavy atom. The fourth-order valence-electron chi connectivity index (χ4n) is 1.42. The number of hydrogen-bond acceptors (Lipinski definition) is 5. The van der Waals surface area contributed by atoms with E-state index in [2.05, 4.69) is 4.98 Å². The largest absolute Gasteiger partial charge is 0.462 e. The minimum Gasteiger partial charge on any atom is -0.462 e. The van der Waals surface area contributed by atoms with Crippen LogP contribution in [-0.4, -0.2) is 17.6 Å². The number of hydrogen-bond donors (Lipinski definition) is 1. The van der Waals surface area contributed by atoms with Crippen molar-refractivity contribution >= 4 is 34.4 Å². The summed E-state index contributed by atoms with van der Waals surface area (Å²) in [6.07, 6.45) is 1.47. The number of rotatable bonds is 2. The second-order valence-electron chi connectivity index (χ2n) is 3.04. The Kier molecular flexibility index (Phi) is 2.70. The van der Waals surface area contributed by atoms with Gasteiger partial charge < -0.3 is 14.9 Å². The van der Waals surface area contributed by atoms with Crippen LogP contribution in [-0.2, 0) is 4.74 Å². The molecule has 2 N–H and O–H groups in total. The maximum absolute atomic E-state index is 11.6. The minimum absolute atomic E-state index is 0.0108. The predicted molar refractivity (Wildman–Crippen MR) is 59.4 cm³/mol. The Bertz CT molecular complexity index is 550. The molecule has 0 bridgehead atoms. The van der Waals surface area contributed by atoms with Crippen LogP contribution in [0.1, 0.15) is 17.3 Å². The van der Waals surface area contributed by atoms with Gasteiger partial charge in [-0.25, -0.2) is 9.78 Å². The number of nitrogens with two attached hydrogens (primary N) is 1. The molecule has 2 aromatic heterocycles. The number of nitrogens with zero attached hydrogens (tertiary/aromatic N) is 1. The first-order valence-corrected chi connectivity index (χ1v) is 5.02. The molecule has 0 spiro atoms. The molecule has 0 aliphatic rings. The van der Waals surface area contributed by atoms with E-state index in [0.717, 1.165) is 0 Å². The number of esters is 1. The van der Waals surface area contributed by atoms with Crippen LogP contribution in [0.4, 0.5) is 5.88 Å². The number of carbonyl (C=O) groups is 1. The molecule has 0 atom stereocenters. The standard InChI is InChI=1S/C10H9ClN2O3/c1-2-15-10(14)6-5-3-4-13-8(11)7(5)16-9(6)12/h3-4H,2,12H2,1H3. The van der Waals surface area contributed by atoms with Crippen molar-refractivity contribution in [1.82, 2.24) is 4.98 Å². The van der Waals surface area contributed by atoms with Crippen molar-refractivity contribution < 1.29 is 13.9 Å². The SMILES string of the molecule is CCOC(=O)c1c(N)oc2c(Cl)nccc12. The molecular formula is C10H9ClN2O3. The van der Waals surface area contributed by atoms with Gasteiger partial charge in [0.05, 0.1) is 6.61 Å². The van der Waals surface area contributed by atoms with Crippen LogP contribution in [0.3, 0.4) is 0 Å². The average Bonchev–Trinajstić information content (AvgIpc) is 2.56. The van der Waals surface area contributed by atoms with Crippen LogP contribution < -0.4 is 5.73 Å². The van der Waals surface area contributed by atoms with E-state index in [9.17, 15) is 4.79 Å². The van der Waals surface area contributed by atoms with Gasteiger partial charge in [0.15, 0.2) is 10.7 Å².